The van der Waals surface area contributed by atoms with Crippen molar-refractivity contribution in [3.8, 4) is 5.75 Å². The molecular weight excluding hydrogens is 250 g/mol. The molecule has 1 heterocycles. The fourth-order valence-electron chi connectivity index (χ4n) is 2.02. The maximum absolute atomic E-state index is 5.37. The van der Waals surface area contributed by atoms with Crippen LogP contribution in [0, 0.1) is 6.92 Å². The van der Waals surface area contributed by atoms with Gasteiger partial charge < -0.3 is 4.74 Å². The third-order valence-corrected chi connectivity index (χ3v) is 3.13. The molecule has 1 aromatic heterocycles. The highest BCUT2D eigenvalue weighted by atomic mass is 16.5. The molecule has 0 fully saturated rings. The van der Waals surface area contributed by atoms with Crippen molar-refractivity contribution >= 4 is 5.71 Å². The maximum atomic E-state index is 5.37. The Balaban J connectivity index is 2.27. The average molecular weight is 269 g/mol. The molecule has 4 nitrogen and oxygen atoms in total. The van der Waals surface area contributed by atoms with E-state index in [1.807, 2.05) is 45.0 Å². The molecule has 0 bridgehead atoms. The van der Waals surface area contributed by atoms with Gasteiger partial charge in [0.25, 0.3) is 0 Å². The summed E-state index contributed by atoms with van der Waals surface area (Å²) in [5, 5.41) is 0. The molecule has 0 spiro atoms. The van der Waals surface area contributed by atoms with E-state index in [1.54, 1.807) is 19.5 Å². The van der Waals surface area contributed by atoms with E-state index in [4.69, 9.17) is 4.74 Å². The average Bonchev–Trinajstić information content (AvgIpc) is 2.47. The van der Waals surface area contributed by atoms with Crippen molar-refractivity contribution in [3.63, 3.8) is 0 Å². The molecule has 20 heavy (non-hydrogen) atoms. The highest BCUT2D eigenvalue weighted by molar-refractivity contribution is 5.96. The minimum absolute atomic E-state index is 0.00857. The lowest BCUT2D eigenvalue weighted by molar-refractivity contribution is 0.407. The summed E-state index contributed by atoms with van der Waals surface area (Å²) < 4.78 is 5.37. The lowest BCUT2D eigenvalue weighted by Crippen LogP contribution is -2.03. The Morgan fingerprint density at radius 2 is 1.95 bits per heavy atom. The maximum Gasteiger partial charge on any atom is 0.124 e. The number of nitrogens with zero attached hydrogens (tertiary/aromatic N) is 3. The van der Waals surface area contributed by atoms with Crippen molar-refractivity contribution < 1.29 is 4.74 Å². The van der Waals surface area contributed by atoms with E-state index >= 15 is 0 Å². The molecule has 0 radical (unpaired) electrons. The van der Waals surface area contributed by atoms with Gasteiger partial charge in [-0.3, -0.25) is 15.0 Å². The first kappa shape index (κ1) is 14.2. The van der Waals surface area contributed by atoms with Gasteiger partial charge in [-0.25, -0.2) is 0 Å². The van der Waals surface area contributed by atoms with E-state index in [9.17, 15) is 0 Å². The summed E-state index contributed by atoms with van der Waals surface area (Å²) in [5.74, 6) is 0.853. The predicted octanol–water partition coefficient (Wildman–Crippen LogP) is 3.36. The molecule has 0 N–H and O–H groups in total. The standard InChI is InChI=1S/C16H19N3O/c1-11-9-18-15(10-17-11)13(3)19-12(2)14-7-5-6-8-16(14)20-4/h5-10,12H,1-4H3. The Morgan fingerprint density at radius 3 is 2.60 bits per heavy atom. The molecule has 1 aromatic carbocycles. The molecule has 0 aliphatic heterocycles. The van der Waals surface area contributed by atoms with E-state index in [0.717, 1.165) is 28.4 Å². The Morgan fingerprint density at radius 1 is 1.20 bits per heavy atom. The molecule has 104 valence electrons. The largest absolute Gasteiger partial charge is 0.496 e. The minimum atomic E-state index is 0.00857. The van der Waals surface area contributed by atoms with Crippen LogP contribution in [0.3, 0.4) is 0 Å². The number of aliphatic imine (C=N–C) groups is 1. The molecule has 2 rings (SSSR count). The normalized spacial score (nSPS) is 13.1. The van der Waals surface area contributed by atoms with Crippen LogP contribution in [-0.4, -0.2) is 22.8 Å². The van der Waals surface area contributed by atoms with Gasteiger partial charge in [-0.15, -0.1) is 0 Å². The summed E-state index contributed by atoms with van der Waals surface area (Å²) in [6.45, 7) is 5.91. The third kappa shape index (κ3) is 3.20. The van der Waals surface area contributed by atoms with Gasteiger partial charge >= 0.3 is 0 Å². The van der Waals surface area contributed by atoms with Crippen LogP contribution in [0.1, 0.15) is 36.8 Å². The van der Waals surface area contributed by atoms with Crippen LogP contribution >= 0.6 is 0 Å². The smallest absolute Gasteiger partial charge is 0.124 e. The quantitative estimate of drug-likeness (QED) is 0.799. The summed E-state index contributed by atoms with van der Waals surface area (Å²) in [6.07, 6.45) is 3.51. The summed E-state index contributed by atoms with van der Waals surface area (Å²) in [7, 11) is 1.67. The van der Waals surface area contributed by atoms with E-state index in [1.165, 1.54) is 0 Å². The second-order valence-corrected chi connectivity index (χ2v) is 4.68. The van der Waals surface area contributed by atoms with Gasteiger partial charge in [-0.05, 0) is 26.8 Å². The molecule has 0 saturated carbocycles. The van der Waals surface area contributed by atoms with Gasteiger partial charge in [0, 0.05) is 11.8 Å². The van der Waals surface area contributed by atoms with E-state index in [-0.39, 0.29) is 6.04 Å². The minimum Gasteiger partial charge on any atom is -0.496 e. The van der Waals surface area contributed by atoms with E-state index in [0.29, 0.717) is 0 Å². The lowest BCUT2D eigenvalue weighted by Gasteiger charge is -2.13. The lowest BCUT2D eigenvalue weighted by atomic mass is 10.1. The van der Waals surface area contributed by atoms with Crippen LogP contribution in [0.25, 0.3) is 0 Å². The monoisotopic (exact) mass is 269 g/mol. The van der Waals surface area contributed by atoms with Crippen LogP contribution < -0.4 is 4.74 Å². The van der Waals surface area contributed by atoms with Gasteiger partial charge in [0.2, 0.25) is 0 Å². The van der Waals surface area contributed by atoms with E-state index in [2.05, 4.69) is 15.0 Å². The highest BCUT2D eigenvalue weighted by Gasteiger charge is 2.10. The van der Waals surface area contributed by atoms with Crippen molar-refractivity contribution in [2.24, 2.45) is 4.99 Å². The number of methoxy groups -OCH3 is 1. The molecule has 4 heteroatoms. The Labute approximate surface area is 119 Å². The Kier molecular flexibility index (Phi) is 4.45. The SMILES string of the molecule is COc1ccccc1C(C)N=C(C)c1cnc(C)cn1. The second kappa shape index (κ2) is 6.28. The Hall–Kier alpha value is -2.23. The number of ether oxygens (including phenoxy) is 1. The van der Waals surface area contributed by atoms with Crippen LogP contribution in [0.4, 0.5) is 0 Å². The second-order valence-electron chi connectivity index (χ2n) is 4.68. The van der Waals surface area contributed by atoms with Crippen LogP contribution in [0.5, 0.6) is 5.75 Å². The molecule has 2 aromatic rings. The number of benzene rings is 1. The zero-order valence-electron chi connectivity index (χ0n) is 12.3. The number of hydrogen-bond donors (Lipinski definition) is 0. The van der Waals surface area contributed by atoms with Crippen molar-refractivity contribution in [1.82, 2.24) is 9.97 Å². The van der Waals surface area contributed by atoms with Crippen molar-refractivity contribution in [2.45, 2.75) is 26.8 Å². The molecule has 0 aliphatic carbocycles. The number of hydrogen-bond acceptors (Lipinski definition) is 4. The van der Waals surface area contributed by atoms with Crippen molar-refractivity contribution in [1.29, 1.82) is 0 Å². The molecule has 0 amide bonds. The predicted molar refractivity (Wildman–Crippen MR) is 80.4 cm³/mol. The van der Waals surface area contributed by atoms with Gasteiger partial charge in [-0.1, -0.05) is 18.2 Å². The van der Waals surface area contributed by atoms with Gasteiger partial charge in [-0.2, -0.15) is 0 Å². The van der Waals surface area contributed by atoms with Crippen molar-refractivity contribution in [3.05, 3.63) is 53.6 Å². The fourth-order valence-corrected chi connectivity index (χ4v) is 2.02. The molecule has 0 aliphatic rings. The number of rotatable bonds is 4. The number of aromatic nitrogens is 2. The molecular formula is C16H19N3O. The summed E-state index contributed by atoms with van der Waals surface area (Å²) >= 11 is 0. The van der Waals surface area contributed by atoms with Crippen molar-refractivity contribution in [2.75, 3.05) is 7.11 Å². The zero-order valence-corrected chi connectivity index (χ0v) is 12.3. The highest BCUT2D eigenvalue weighted by Crippen LogP contribution is 2.27. The third-order valence-electron chi connectivity index (χ3n) is 3.13. The molecule has 1 unspecified atom stereocenters. The number of para-hydroxylation sites is 1. The summed E-state index contributed by atoms with van der Waals surface area (Å²) in [4.78, 5) is 13.3. The summed E-state index contributed by atoms with van der Waals surface area (Å²) in [6, 6.07) is 7.93. The zero-order chi connectivity index (χ0) is 14.5. The van der Waals surface area contributed by atoms with Crippen LogP contribution in [0.15, 0.2) is 41.7 Å². The molecule has 0 saturated heterocycles. The summed E-state index contributed by atoms with van der Waals surface area (Å²) in [5.41, 5.74) is 3.64. The van der Waals surface area contributed by atoms with Crippen LogP contribution in [-0.2, 0) is 0 Å². The fraction of sp³-hybridized carbons (Fsp3) is 0.312. The Bertz CT molecular complexity index is 605. The van der Waals surface area contributed by atoms with E-state index < -0.39 is 0 Å². The van der Waals surface area contributed by atoms with Gasteiger partial charge in [0.1, 0.15) is 11.4 Å². The topological polar surface area (TPSA) is 47.4 Å². The van der Waals surface area contributed by atoms with Crippen LogP contribution in [0.2, 0.25) is 0 Å². The van der Waals surface area contributed by atoms with Gasteiger partial charge in [0.15, 0.2) is 0 Å². The number of aryl methyl sites for hydroxylation is 1. The first-order chi connectivity index (χ1) is 9.61. The van der Waals surface area contributed by atoms with Gasteiger partial charge in [0.05, 0.1) is 30.8 Å². The molecule has 1 atom stereocenters. The first-order valence-electron chi connectivity index (χ1n) is 6.58. The first-order valence-corrected chi connectivity index (χ1v) is 6.58.